The molecule has 1 aromatic rings. The predicted molar refractivity (Wildman–Crippen MR) is 68.4 cm³/mol. The Kier molecular flexibility index (Phi) is 3.46. The lowest BCUT2D eigenvalue weighted by atomic mass is 10.1. The first kappa shape index (κ1) is 14.7. The fraction of sp³-hybridized carbons (Fsp3) is 0.385. The molecule has 0 spiro atoms. The van der Waals surface area contributed by atoms with Crippen molar-refractivity contribution in [3.05, 3.63) is 28.8 Å². The molecule has 108 valence electrons. The highest BCUT2D eigenvalue weighted by Gasteiger charge is 2.65. The number of amides is 1. The molecule has 1 amide bonds. The minimum absolute atomic E-state index is 0.277. The van der Waals surface area contributed by atoms with Crippen molar-refractivity contribution in [3.8, 4) is 0 Å². The fourth-order valence-corrected chi connectivity index (χ4v) is 2.69. The van der Waals surface area contributed by atoms with E-state index in [4.69, 9.17) is 16.7 Å². The van der Waals surface area contributed by atoms with Gasteiger partial charge in [-0.1, -0.05) is 25.4 Å². The molecule has 0 aromatic heterocycles. The first-order valence-electron chi connectivity index (χ1n) is 5.84. The lowest BCUT2D eigenvalue weighted by molar-refractivity contribution is -0.140. The van der Waals surface area contributed by atoms with Gasteiger partial charge in [-0.15, -0.1) is 0 Å². The standard InChI is InChI=1S/C13H12ClF2NO3/c1-13(2)8(9(13)12(19)20)11(18)17-10-6(14)3-5(15)4-7(10)16/h3-4,8-9H,1-2H3,(H,17,18)(H,19,20)/t8-,9+/m1/s1. The molecule has 0 radical (unpaired) electrons. The van der Waals surface area contributed by atoms with Gasteiger partial charge in [-0.25, -0.2) is 8.78 Å². The summed E-state index contributed by atoms with van der Waals surface area (Å²) < 4.78 is 26.4. The van der Waals surface area contributed by atoms with Crippen LogP contribution in [0.2, 0.25) is 5.02 Å². The maximum Gasteiger partial charge on any atom is 0.307 e. The Labute approximate surface area is 118 Å². The molecule has 2 atom stereocenters. The van der Waals surface area contributed by atoms with Crippen molar-refractivity contribution in [1.29, 1.82) is 0 Å². The van der Waals surface area contributed by atoms with Crippen molar-refractivity contribution in [1.82, 2.24) is 0 Å². The van der Waals surface area contributed by atoms with Gasteiger partial charge in [-0.3, -0.25) is 9.59 Å². The fourth-order valence-electron chi connectivity index (χ4n) is 2.45. The molecule has 20 heavy (non-hydrogen) atoms. The third-order valence-corrected chi connectivity index (χ3v) is 3.93. The SMILES string of the molecule is CC1(C)[C@H](C(=O)O)[C@@H]1C(=O)Nc1c(F)cc(F)cc1Cl. The highest BCUT2D eigenvalue weighted by atomic mass is 35.5. The normalized spacial score (nSPS) is 23.2. The summed E-state index contributed by atoms with van der Waals surface area (Å²) >= 11 is 5.66. The summed E-state index contributed by atoms with van der Waals surface area (Å²) in [5.41, 5.74) is -1.05. The van der Waals surface area contributed by atoms with Crippen molar-refractivity contribution < 1.29 is 23.5 Å². The van der Waals surface area contributed by atoms with E-state index in [9.17, 15) is 18.4 Å². The van der Waals surface area contributed by atoms with Crippen LogP contribution in [-0.4, -0.2) is 17.0 Å². The number of rotatable bonds is 3. The quantitative estimate of drug-likeness (QED) is 0.902. The second-order valence-corrected chi connectivity index (χ2v) is 5.76. The third-order valence-electron chi connectivity index (χ3n) is 3.63. The van der Waals surface area contributed by atoms with E-state index in [-0.39, 0.29) is 10.7 Å². The molecule has 0 bridgehead atoms. The molecule has 1 saturated carbocycles. The van der Waals surface area contributed by atoms with Crippen LogP contribution in [0.1, 0.15) is 13.8 Å². The number of carbonyl (C=O) groups is 2. The minimum atomic E-state index is -1.08. The largest absolute Gasteiger partial charge is 0.481 e. The highest BCUT2D eigenvalue weighted by molar-refractivity contribution is 6.33. The van der Waals surface area contributed by atoms with Crippen LogP contribution >= 0.6 is 11.6 Å². The van der Waals surface area contributed by atoms with Crippen molar-refractivity contribution in [2.75, 3.05) is 5.32 Å². The molecule has 0 saturated heterocycles. The monoisotopic (exact) mass is 303 g/mol. The zero-order chi connectivity index (χ0) is 15.2. The van der Waals surface area contributed by atoms with Gasteiger partial charge < -0.3 is 10.4 Å². The van der Waals surface area contributed by atoms with Crippen molar-refractivity contribution in [2.45, 2.75) is 13.8 Å². The summed E-state index contributed by atoms with van der Waals surface area (Å²) in [7, 11) is 0. The van der Waals surface area contributed by atoms with Gasteiger partial charge in [0.2, 0.25) is 5.91 Å². The van der Waals surface area contributed by atoms with Gasteiger partial charge in [-0.2, -0.15) is 0 Å². The summed E-state index contributed by atoms with van der Waals surface area (Å²) in [6.07, 6.45) is 0. The van der Waals surface area contributed by atoms with E-state index in [0.717, 1.165) is 6.07 Å². The van der Waals surface area contributed by atoms with E-state index in [1.54, 1.807) is 13.8 Å². The first-order valence-corrected chi connectivity index (χ1v) is 6.22. The van der Waals surface area contributed by atoms with Crippen molar-refractivity contribution in [2.24, 2.45) is 17.3 Å². The molecule has 2 N–H and O–H groups in total. The average Bonchev–Trinajstić information content (AvgIpc) is 2.86. The Morgan fingerprint density at radius 3 is 2.35 bits per heavy atom. The zero-order valence-corrected chi connectivity index (χ0v) is 11.5. The van der Waals surface area contributed by atoms with Crippen LogP contribution < -0.4 is 5.32 Å². The van der Waals surface area contributed by atoms with Gasteiger partial charge in [0.25, 0.3) is 0 Å². The second kappa shape index (κ2) is 4.70. The average molecular weight is 304 g/mol. The lowest BCUT2D eigenvalue weighted by Gasteiger charge is -2.09. The van der Waals surface area contributed by atoms with Crippen LogP contribution in [0.3, 0.4) is 0 Å². The molecule has 7 heteroatoms. The van der Waals surface area contributed by atoms with Gasteiger partial charge in [0.15, 0.2) is 5.82 Å². The topological polar surface area (TPSA) is 66.4 Å². The lowest BCUT2D eigenvalue weighted by Crippen LogP contribution is -2.19. The van der Waals surface area contributed by atoms with Gasteiger partial charge in [0.05, 0.1) is 22.5 Å². The number of hydrogen-bond acceptors (Lipinski definition) is 2. The molecular formula is C13H12ClF2NO3. The van der Waals surface area contributed by atoms with Crippen molar-refractivity contribution >= 4 is 29.2 Å². The van der Waals surface area contributed by atoms with Gasteiger partial charge in [-0.05, 0) is 11.5 Å². The molecule has 1 aliphatic carbocycles. The third kappa shape index (κ3) is 2.35. The summed E-state index contributed by atoms with van der Waals surface area (Å²) in [4.78, 5) is 23.0. The number of carboxylic acids is 1. The van der Waals surface area contributed by atoms with Gasteiger partial charge in [0, 0.05) is 6.07 Å². The van der Waals surface area contributed by atoms with E-state index in [2.05, 4.69) is 5.32 Å². The van der Waals surface area contributed by atoms with Crippen LogP contribution in [0.15, 0.2) is 12.1 Å². The Balaban J connectivity index is 2.20. The summed E-state index contributed by atoms with van der Waals surface area (Å²) in [5, 5.41) is 10.9. The molecule has 1 aromatic carbocycles. The maximum absolute atomic E-state index is 13.5. The van der Waals surface area contributed by atoms with Crippen LogP contribution in [0.4, 0.5) is 14.5 Å². The van der Waals surface area contributed by atoms with E-state index >= 15 is 0 Å². The number of carbonyl (C=O) groups excluding carboxylic acids is 1. The number of nitrogens with one attached hydrogen (secondary N) is 1. The number of aliphatic carboxylic acids is 1. The number of benzene rings is 1. The van der Waals surface area contributed by atoms with Crippen LogP contribution in [0, 0.1) is 28.9 Å². The maximum atomic E-state index is 13.5. The first-order chi connectivity index (χ1) is 9.16. The smallest absolute Gasteiger partial charge is 0.307 e. The number of halogens is 3. The number of anilines is 1. The van der Waals surface area contributed by atoms with Crippen LogP contribution in [0.5, 0.6) is 0 Å². The Morgan fingerprint density at radius 1 is 1.30 bits per heavy atom. The van der Waals surface area contributed by atoms with E-state index < -0.39 is 40.8 Å². The molecule has 1 aliphatic rings. The predicted octanol–water partition coefficient (Wildman–Crippen LogP) is 2.91. The van der Waals surface area contributed by atoms with Gasteiger partial charge >= 0.3 is 5.97 Å². The highest BCUT2D eigenvalue weighted by Crippen LogP contribution is 2.58. The van der Waals surface area contributed by atoms with Crippen LogP contribution in [-0.2, 0) is 9.59 Å². The summed E-state index contributed by atoms with van der Waals surface area (Å²) in [6, 6.07) is 1.46. The molecule has 0 unspecified atom stereocenters. The summed E-state index contributed by atoms with van der Waals surface area (Å²) in [6.45, 7) is 3.28. The van der Waals surface area contributed by atoms with Gasteiger partial charge in [0.1, 0.15) is 5.82 Å². The number of carboxylic acid groups (broad SMARTS) is 1. The number of hydrogen-bond donors (Lipinski definition) is 2. The Bertz CT molecular complexity index is 580. The Morgan fingerprint density at radius 2 is 1.90 bits per heavy atom. The molecule has 2 rings (SSSR count). The molecule has 0 heterocycles. The van der Waals surface area contributed by atoms with E-state index in [0.29, 0.717) is 6.07 Å². The molecule has 0 aliphatic heterocycles. The van der Waals surface area contributed by atoms with Crippen LogP contribution in [0.25, 0.3) is 0 Å². The van der Waals surface area contributed by atoms with Crippen molar-refractivity contribution in [3.63, 3.8) is 0 Å². The minimum Gasteiger partial charge on any atom is -0.481 e. The molecular weight excluding hydrogens is 292 g/mol. The molecule has 1 fully saturated rings. The van der Waals surface area contributed by atoms with E-state index in [1.807, 2.05) is 0 Å². The Hall–Kier alpha value is -1.69. The summed E-state index contributed by atoms with van der Waals surface area (Å²) in [5.74, 6) is -5.20. The van der Waals surface area contributed by atoms with E-state index in [1.165, 1.54) is 0 Å². The second-order valence-electron chi connectivity index (χ2n) is 5.35. The molecule has 4 nitrogen and oxygen atoms in total. The zero-order valence-electron chi connectivity index (χ0n) is 10.7.